The lowest BCUT2D eigenvalue weighted by Crippen LogP contribution is -2.39. The maximum Gasteiger partial charge on any atom is 0.410 e. The molecule has 160 valence electrons. The monoisotopic (exact) mass is 405 g/mol. The van der Waals surface area contributed by atoms with Crippen LogP contribution in [0.15, 0.2) is 24.3 Å². The Labute approximate surface area is 172 Å². The maximum absolute atomic E-state index is 14.0. The second kappa shape index (κ2) is 9.90. The second-order valence-electron chi connectivity index (χ2n) is 8.42. The Morgan fingerprint density at radius 3 is 2.55 bits per heavy atom. The van der Waals surface area contributed by atoms with Crippen molar-refractivity contribution in [1.29, 1.82) is 0 Å². The number of hydrogen-bond acceptors (Lipinski definition) is 4. The fourth-order valence-electron chi connectivity index (χ4n) is 3.53. The number of nitrogens with zero attached hydrogens (tertiary/aromatic N) is 1. The van der Waals surface area contributed by atoms with E-state index in [2.05, 4.69) is 0 Å². The predicted octanol–water partition coefficient (Wildman–Crippen LogP) is 4.98. The summed E-state index contributed by atoms with van der Waals surface area (Å²) in [6.45, 7) is 8.51. The summed E-state index contributed by atoms with van der Waals surface area (Å²) in [5, 5.41) is 0. The summed E-state index contributed by atoms with van der Waals surface area (Å²) in [7, 11) is 1.38. The van der Waals surface area contributed by atoms with Crippen molar-refractivity contribution in [3.8, 4) is 0 Å². The molecule has 1 aromatic carbocycles. The van der Waals surface area contributed by atoms with Gasteiger partial charge in [-0.15, -0.1) is 0 Å². The van der Waals surface area contributed by atoms with Gasteiger partial charge in [-0.2, -0.15) is 0 Å². The minimum absolute atomic E-state index is 0.268. The number of esters is 1. The molecule has 5 nitrogen and oxygen atoms in total. The highest BCUT2D eigenvalue weighted by molar-refractivity contribution is 5.75. The van der Waals surface area contributed by atoms with E-state index in [-0.39, 0.29) is 23.8 Å². The van der Waals surface area contributed by atoms with Crippen LogP contribution in [0.2, 0.25) is 0 Å². The van der Waals surface area contributed by atoms with E-state index in [0.29, 0.717) is 32.4 Å². The van der Waals surface area contributed by atoms with Crippen molar-refractivity contribution in [3.05, 3.63) is 41.2 Å². The first-order valence-corrected chi connectivity index (χ1v) is 10.2. The zero-order valence-corrected chi connectivity index (χ0v) is 18.1. The lowest BCUT2D eigenvalue weighted by molar-refractivity contribution is -0.145. The number of hydrogen-bond donors (Lipinski definition) is 0. The zero-order valence-electron chi connectivity index (χ0n) is 18.1. The van der Waals surface area contributed by atoms with Gasteiger partial charge in [0.25, 0.3) is 0 Å². The lowest BCUT2D eigenvalue weighted by Gasteiger charge is -2.30. The fourth-order valence-corrected chi connectivity index (χ4v) is 3.53. The van der Waals surface area contributed by atoms with Crippen LogP contribution >= 0.6 is 0 Å². The molecule has 0 aromatic heterocycles. The van der Waals surface area contributed by atoms with E-state index in [1.54, 1.807) is 11.0 Å². The molecule has 6 heteroatoms. The van der Waals surface area contributed by atoms with Crippen LogP contribution in [0, 0.1) is 11.7 Å². The predicted molar refractivity (Wildman–Crippen MR) is 111 cm³/mol. The van der Waals surface area contributed by atoms with Crippen LogP contribution in [0.25, 0.3) is 5.57 Å². The number of benzene rings is 1. The number of methoxy groups -OCH3 is 1. The Morgan fingerprint density at radius 2 is 2.00 bits per heavy atom. The van der Waals surface area contributed by atoms with Gasteiger partial charge in [0.1, 0.15) is 11.4 Å². The second-order valence-corrected chi connectivity index (χ2v) is 8.42. The van der Waals surface area contributed by atoms with Crippen LogP contribution in [0.5, 0.6) is 0 Å². The quantitative estimate of drug-likeness (QED) is 0.626. The van der Waals surface area contributed by atoms with Gasteiger partial charge in [-0.3, -0.25) is 4.79 Å². The number of amides is 1. The summed E-state index contributed by atoms with van der Waals surface area (Å²) < 4.78 is 24.3. The first-order chi connectivity index (χ1) is 13.6. The standard InChI is InChI=1S/C23H32FNO4/c1-6-7-17(21(26)28-5)14-18-15-19(24)8-9-20(18)16-10-12-25(13-11-16)22(27)29-23(2,3)4/h8-10,15,17H,6-7,11-14H2,1-5H3. The molecule has 29 heavy (non-hydrogen) atoms. The summed E-state index contributed by atoms with van der Waals surface area (Å²) in [6, 6.07) is 4.70. The summed E-state index contributed by atoms with van der Waals surface area (Å²) in [5.74, 6) is -0.889. The molecule has 0 fully saturated rings. The molecule has 0 saturated carbocycles. The summed E-state index contributed by atoms with van der Waals surface area (Å²) in [4.78, 5) is 26.0. The van der Waals surface area contributed by atoms with Gasteiger partial charge < -0.3 is 14.4 Å². The molecule has 0 N–H and O–H groups in total. The molecule has 0 spiro atoms. The third kappa shape index (κ3) is 6.58. The van der Waals surface area contributed by atoms with Gasteiger partial charge in [0.2, 0.25) is 0 Å². The summed E-state index contributed by atoms with van der Waals surface area (Å²) in [5.41, 5.74) is 2.25. The molecule has 1 atom stereocenters. The molecule has 1 amide bonds. The van der Waals surface area contributed by atoms with Crippen LogP contribution in [-0.2, 0) is 20.7 Å². The van der Waals surface area contributed by atoms with Gasteiger partial charge in [-0.1, -0.05) is 25.5 Å². The summed E-state index contributed by atoms with van der Waals surface area (Å²) in [6.07, 6.45) is 4.26. The minimum Gasteiger partial charge on any atom is -0.469 e. The fraction of sp³-hybridized carbons (Fsp3) is 0.565. The molecule has 1 aliphatic heterocycles. The molecule has 1 heterocycles. The molecule has 1 aliphatic rings. The van der Waals surface area contributed by atoms with Gasteiger partial charge in [0, 0.05) is 13.1 Å². The van der Waals surface area contributed by atoms with Gasteiger partial charge in [0.15, 0.2) is 0 Å². The van der Waals surface area contributed by atoms with Gasteiger partial charge in [0.05, 0.1) is 13.0 Å². The van der Waals surface area contributed by atoms with Gasteiger partial charge in [-0.05, 0) is 68.9 Å². The number of ether oxygens (including phenoxy) is 2. The highest BCUT2D eigenvalue weighted by atomic mass is 19.1. The van der Waals surface area contributed by atoms with E-state index in [4.69, 9.17) is 9.47 Å². The van der Waals surface area contributed by atoms with E-state index in [1.807, 2.05) is 33.8 Å². The van der Waals surface area contributed by atoms with Crippen LogP contribution in [0.4, 0.5) is 9.18 Å². The smallest absolute Gasteiger partial charge is 0.410 e. The van der Waals surface area contributed by atoms with Crippen molar-refractivity contribution in [3.63, 3.8) is 0 Å². The van der Waals surface area contributed by atoms with Crippen LogP contribution < -0.4 is 0 Å². The Morgan fingerprint density at radius 1 is 1.28 bits per heavy atom. The molecule has 0 radical (unpaired) electrons. The van der Waals surface area contributed by atoms with Crippen LogP contribution in [0.3, 0.4) is 0 Å². The third-order valence-corrected chi connectivity index (χ3v) is 4.91. The normalized spacial score (nSPS) is 15.5. The zero-order chi connectivity index (χ0) is 21.6. The average Bonchev–Trinajstić information content (AvgIpc) is 2.66. The number of carbonyl (C=O) groups is 2. The average molecular weight is 406 g/mol. The molecule has 1 aromatic rings. The molecule has 0 saturated heterocycles. The molecular weight excluding hydrogens is 373 g/mol. The SMILES string of the molecule is CCCC(Cc1cc(F)ccc1C1=CCN(C(=O)OC(C)(C)C)CC1)C(=O)OC. The van der Waals surface area contributed by atoms with Crippen molar-refractivity contribution in [2.24, 2.45) is 5.92 Å². The Bertz CT molecular complexity index is 767. The molecular formula is C23H32FNO4. The first kappa shape index (κ1) is 22.9. The highest BCUT2D eigenvalue weighted by Gasteiger charge is 2.26. The Hall–Kier alpha value is -2.37. The Balaban J connectivity index is 2.21. The third-order valence-electron chi connectivity index (χ3n) is 4.91. The molecule has 2 rings (SSSR count). The number of carbonyl (C=O) groups excluding carboxylic acids is 2. The van der Waals surface area contributed by atoms with E-state index in [0.717, 1.165) is 23.1 Å². The van der Waals surface area contributed by atoms with Gasteiger partial charge in [-0.25, -0.2) is 9.18 Å². The van der Waals surface area contributed by atoms with E-state index in [9.17, 15) is 14.0 Å². The first-order valence-electron chi connectivity index (χ1n) is 10.2. The molecule has 0 bridgehead atoms. The van der Waals surface area contributed by atoms with Crippen molar-refractivity contribution < 1.29 is 23.5 Å². The van der Waals surface area contributed by atoms with Crippen molar-refractivity contribution >= 4 is 17.6 Å². The Kier molecular flexibility index (Phi) is 7.82. The summed E-state index contributed by atoms with van der Waals surface area (Å²) >= 11 is 0. The van der Waals surface area contributed by atoms with Crippen molar-refractivity contribution in [2.75, 3.05) is 20.2 Å². The van der Waals surface area contributed by atoms with Crippen molar-refractivity contribution in [1.82, 2.24) is 4.90 Å². The highest BCUT2D eigenvalue weighted by Crippen LogP contribution is 2.29. The largest absolute Gasteiger partial charge is 0.469 e. The molecule has 1 unspecified atom stereocenters. The number of halogens is 1. The van der Waals surface area contributed by atoms with Crippen LogP contribution in [-0.4, -0.2) is 42.8 Å². The lowest BCUT2D eigenvalue weighted by atomic mass is 9.88. The van der Waals surface area contributed by atoms with Crippen LogP contribution in [0.1, 0.15) is 58.1 Å². The van der Waals surface area contributed by atoms with E-state index in [1.165, 1.54) is 19.2 Å². The van der Waals surface area contributed by atoms with Crippen molar-refractivity contribution in [2.45, 2.75) is 59.0 Å². The van der Waals surface area contributed by atoms with Gasteiger partial charge >= 0.3 is 12.1 Å². The molecule has 0 aliphatic carbocycles. The minimum atomic E-state index is -0.534. The van der Waals surface area contributed by atoms with E-state index >= 15 is 0 Å². The maximum atomic E-state index is 14.0. The van der Waals surface area contributed by atoms with E-state index < -0.39 is 5.60 Å². The topological polar surface area (TPSA) is 55.8 Å². The number of rotatable bonds is 6.